The predicted molar refractivity (Wildman–Crippen MR) is 73.9 cm³/mol. The Morgan fingerprint density at radius 3 is 2.45 bits per heavy atom. The van der Waals surface area contributed by atoms with Crippen LogP contribution >= 0.6 is 23.4 Å². The Hall–Kier alpha value is -0.460. The maximum absolute atomic E-state index is 12.6. The zero-order chi connectivity index (χ0) is 15.2. The number of aromatic nitrogens is 1. The number of thioether (sulfide) groups is 1. The molecule has 0 saturated carbocycles. The third-order valence-corrected chi connectivity index (χ3v) is 5.20. The summed E-state index contributed by atoms with van der Waals surface area (Å²) in [5, 5.41) is 10.4. The number of rotatable bonds is 1. The third-order valence-electron chi connectivity index (χ3n) is 3.25. The molecule has 2 heterocycles. The molecule has 0 amide bonds. The van der Waals surface area contributed by atoms with Crippen LogP contribution in [-0.4, -0.2) is 21.6 Å². The van der Waals surface area contributed by atoms with Crippen LogP contribution in [0.5, 0.6) is 0 Å². The van der Waals surface area contributed by atoms with E-state index < -0.39 is 17.5 Å². The van der Waals surface area contributed by atoms with Crippen molar-refractivity contribution < 1.29 is 18.3 Å². The minimum absolute atomic E-state index is 0.107. The molecule has 0 spiro atoms. The van der Waals surface area contributed by atoms with E-state index in [9.17, 15) is 18.3 Å². The van der Waals surface area contributed by atoms with E-state index in [1.165, 1.54) is 6.07 Å². The Balaban J connectivity index is 2.38. The van der Waals surface area contributed by atoms with E-state index in [2.05, 4.69) is 4.98 Å². The molecule has 1 unspecified atom stereocenters. The second kappa shape index (κ2) is 5.07. The number of aliphatic hydroxyl groups is 1. The highest BCUT2D eigenvalue weighted by atomic mass is 35.5. The van der Waals surface area contributed by atoms with Gasteiger partial charge in [0, 0.05) is 11.3 Å². The van der Waals surface area contributed by atoms with Gasteiger partial charge < -0.3 is 5.11 Å². The van der Waals surface area contributed by atoms with Gasteiger partial charge in [0.15, 0.2) is 0 Å². The summed E-state index contributed by atoms with van der Waals surface area (Å²) >= 11 is 7.43. The average molecular weight is 326 g/mol. The molecule has 1 aromatic heterocycles. The molecule has 0 aliphatic carbocycles. The molecule has 1 saturated heterocycles. The molecule has 112 valence electrons. The van der Waals surface area contributed by atoms with Crippen molar-refractivity contribution in [1.29, 1.82) is 0 Å². The summed E-state index contributed by atoms with van der Waals surface area (Å²) in [6.45, 7) is 4.02. The van der Waals surface area contributed by atoms with E-state index in [4.69, 9.17) is 11.6 Å². The molecule has 1 atom stereocenters. The molecule has 2 rings (SSSR count). The lowest BCUT2D eigenvalue weighted by Crippen LogP contribution is -2.40. The van der Waals surface area contributed by atoms with Gasteiger partial charge in [0.2, 0.25) is 0 Å². The van der Waals surface area contributed by atoms with Crippen molar-refractivity contribution in [3.8, 4) is 0 Å². The highest BCUT2D eigenvalue weighted by molar-refractivity contribution is 7.99. The Labute approximate surface area is 124 Å². The number of hydrogen-bond acceptors (Lipinski definition) is 3. The molecule has 2 nitrogen and oxygen atoms in total. The van der Waals surface area contributed by atoms with E-state index >= 15 is 0 Å². The summed E-state index contributed by atoms with van der Waals surface area (Å²) in [6, 6.07) is 2.10. The molecule has 1 N–H and O–H groups in total. The monoisotopic (exact) mass is 325 g/mol. The largest absolute Gasteiger partial charge is 0.433 e. The molecule has 1 aliphatic rings. The minimum Gasteiger partial charge on any atom is -0.384 e. The Morgan fingerprint density at radius 2 is 1.95 bits per heavy atom. The van der Waals surface area contributed by atoms with Gasteiger partial charge in [-0.05, 0) is 23.7 Å². The van der Waals surface area contributed by atoms with Crippen molar-refractivity contribution in [2.45, 2.75) is 32.0 Å². The Kier molecular flexibility index (Phi) is 4.04. The van der Waals surface area contributed by atoms with Crippen molar-refractivity contribution in [3.63, 3.8) is 0 Å². The summed E-state index contributed by atoms with van der Waals surface area (Å²) < 4.78 is 37.7. The number of hydrogen-bond donors (Lipinski definition) is 1. The zero-order valence-corrected chi connectivity index (χ0v) is 12.7. The molecular weight excluding hydrogens is 311 g/mol. The number of pyridine rings is 1. The zero-order valence-electron chi connectivity index (χ0n) is 11.1. The van der Waals surface area contributed by atoms with Crippen molar-refractivity contribution >= 4 is 23.4 Å². The van der Waals surface area contributed by atoms with Gasteiger partial charge in [0.05, 0.1) is 0 Å². The summed E-state index contributed by atoms with van der Waals surface area (Å²) in [6.07, 6.45) is -4.09. The SMILES string of the molecule is CC1(C)CSCC(O)(c2ccc(C(F)(F)F)nc2Cl)C1. The lowest BCUT2D eigenvalue weighted by atomic mass is 9.79. The summed E-state index contributed by atoms with van der Waals surface area (Å²) in [5.41, 5.74) is -2.12. The summed E-state index contributed by atoms with van der Waals surface area (Å²) in [7, 11) is 0. The summed E-state index contributed by atoms with van der Waals surface area (Å²) in [5.74, 6) is 1.30. The van der Waals surface area contributed by atoms with Gasteiger partial charge in [-0.2, -0.15) is 24.9 Å². The van der Waals surface area contributed by atoms with Crippen LogP contribution in [-0.2, 0) is 11.8 Å². The maximum Gasteiger partial charge on any atom is 0.433 e. The normalized spacial score (nSPS) is 26.6. The number of alkyl halides is 3. The van der Waals surface area contributed by atoms with Crippen LogP contribution < -0.4 is 0 Å². The smallest absolute Gasteiger partial charge is 0.384 e. The number of nitrogens with zero attached hydrogens (tertiary/aromatic N) is 1. The Morgan fingerprint density at radius 1 is 1.30 bits per heavy atom. The molecule has 7 heteroatoms. The third kappa shape index (κ3) is 3.23. The quantitative estimate of drug-likeness (QED) is 0.789. The van der Waals surface area contributed by atoms with Crippen LogP contribution in [0.25, 0.3) is 0 Å². The number of halogens is 4. The van der Waals surface area contributed by atoms with Crippen LogP contribution in [0.4, 0.5) is 13.2 Å². The first-order chi connectivity index (χ1) is 9.04. The predicted octanol–water partition coefficient (Wildman–Crippen LogP) is 4.10. The van der Waals surface area contributed by atoms with E-state index in [-0.39, 0.29) is 16.1 Å². The first-order valence-electron chi connectivity index (χ1n) is 6.08. The fourth-order valence-corrected chi connectivity index (χ4v) is 4.18. The van der Waals surface area contributed by atoms with Crippen LogP contribution in [0.15, 0.2) is 12.1 Å². The highest BCUT2D eigenvalue weighted by Gasteiger charge is 2.42. The van der Waals surface area contributed by atoms with Crippen LogP contribution in [0.3, 0.4) is 0 Å². The molecule has 0 aromatic carbocycles. The molecule has 0 radical (unpaired) electrons. The van der Waals surface area contributed by atoms with E-state index in [1.54, 1.807) is 11.8 Å². The van der Waals surface area contributed by atoms with Crippen molar-refractivity contribution in [3.05, 3.63) is 28.5 Å². The molecule has 1 aliphatic heterocycles. The molecule has 1 aromatic rings. The topological polar surface area (TPSA) is 33.1 Å². The Bertz CT molecular complexity index is 521. The maximum atomic E-state index is 12.6. The van der Waals surface area contributed by atoms with Gasteiger partial charge >= 0.3 is 6.18 Å². The van der Waals surface area contributed by atoms with Gasteiger partial charge in [-0.15, -0.1) is 0 Å². The van der Waals surface area contributed by atoms with Crippen molar-refractivity contribution in [2.24, 2.45) is 5.41 Å². The second-order valence-corrected chi connectivity index (χ2v) is 7.24. The van der Waals surface area contributed by atoms with Crippen molar-refractivity contribution in [1.82, 2.24) is 4.98 Å². The van der Waals surface area contributed by atoms with E-state index in [1.807, 2.05) is 13.8 Å². The standard InChI is InChI=1S/C13H15ClF3NOS/c1-11(2)5-12(19,7-20-6-11)8-3-4-9(13(15,16)17)18-10(8)14/h3-4,19H,5-7H2,1-2H3. The fourth-order valence-electron chi connectivity index (χ4n) is 2.50. The van der Waals surface area contributed by atoms with E-state index in [0.29, 0.717) is 12.2 Å². The molecule has 0 bridgehead atoms. The first-order valence-corrected chi connectivity index (χ1v) is 7.61. The molecule has 20 heavy (non-hydrogen) atoms. The van der Waals surface area contributed by atoms with Gasteiger partial charge in [-0.25, -0.2) is 4.98 Å². The van der Waals surface area contributed by atoms with Gasteiger partial charge in [0.25, 0.3) is 0 Å². The van der Waals surface area contributed by atoms with Gasteiger partial charge in [0.1, 0.15) is 16.4 Å². The van der Waals surface area contributed by atoms with Gasteiger partial charge in [-0.3, -0.25) is 0 Å². The fraction of sp³-hybridized carbons (Fsp3) is 0.615. The average Bonchev–Trinajstić information content (AvgIpc) is 2.25. The molecule has 1 fully saturated rings. The lowest BCUT2D eigenvalue weighted by molar-refractivity contribution is -0.141. The van der Waals surface area contributed by atoms with Crippen LogP contribution in [0.1, 0.15) is 31.5 Å². The van der Waals surface area contributed by atoms with Crippen LogP contribution in [0.2, 0.25) is 5.15 Å². The lowest BCUT2D eigenvalue weighted by Gasteiger charge is -2.41. The second-order valence-electron chi connectivity index (χ2n) is 5.90. The van der Waals surface area contributed by atoms with Crippen molar-refractivity contribution in [2.75, 3.05) is 11.5 Å². The molecular formula is C13H15ClF3NOS. The van der Waals surface area contributed by atoms with E-state index in [0.717, 1.165) is 11.8 Å². The van der Waals surface area contributed by atoms with Crippen LogP contribution in [0, 0.1) is 5.41 Å². The first kappa shape index (κ1) is 15.9. The van der Waals surface area contributed by atoms with Gasteiger partial charge in [-0.1, -0.05) is 31.5 Å². The summed E-state index contributed by atoms with van der Waals surface area (Å²) in [4.78, 5) is 3.38. The highest BCUT2D eigenvalue weighted by Crippen LogP contribution is 2.46. The minimum atomic E-state index is -4.54.